The molecule has 0 bridgehead atoms. The predicted molar refractivity (Wildman–Crippen MR) is 44.8 cm³/mol. The second-order valence-electron chi connectivity index (χ2n) is 2.84. The second kappa shape index (κ2) is 5.02. The van der Waals surface area contributed by atoms with E-state index in [9.17, 15) is 8.78 Å². The van der Waals surface area contributed by atoms with Crippen molar-refractivity contribution in [1.29, 1.82) is 0 Å². The molecule has 0 radical (unpaired) electrons. The van der Waals surface area contributed by atoms with Gasteiger partial charge in [0.2, 0.25) is 0 Å². The molecule has 0 saturated heterocycles. The van der Waals surface area contributed by atoms with Gasteiger partial charge in [-0.3, -0.25) is 4.68 Å². The Bertz CT molecular complexity index is 276. The molecule has 0 aromatic carbocycles. The summed E-state index contributed by atoms with van der Waals surface area (Å²) in [6.45, 7) is -0.992. The number of aliphatic hydroxyl groups is 1. The first kappa shape index (κ1) is 11.1. The molecule has 1 heterocycles. The fourth-order valence-corrected chi connectivity index (χ4v) is 0.953. The minimum atomic E-state index is -2.75. The first-order valence-corrected chi connectivity index (χ1v) is 4.20. The van der Waals surface area contributed by atoms with Crippen molar-refractivity contribution >= 4 is 0 Å². The minimum absolute atomic E-state index is 0.0986. The molecule has 1 aromatic heterocycles. The molecule has 1 atom stereocenters. The summed E-state index contributed by atoms with van der Waals surface area (Å²) in [7, 11) is 0. The van der Waals surface area contributed by atoms with Crippen LogP contribution in [-0.2, 0) is 11.3 Å². The van der Waals surface area contributed by atoms with Crippen LogP contribution in [0.15, 0.2) is 12.4 Å². The molecule has 0 spiro atoms. The highest BCUT2D eigenvalue weighted by molar-refractivity contribution is 5.06. The molecule has 0 aliphatic rings. The summed E-state index contributed by atoms with van der Waals surface area (Å²) in [6, 6.07) is 0. The van der Waals surface area contributed by atoms with Crippen LogP contribution in [0.25, 0.3) is 0 Å². The van der Waals surface area contributed by atoms with E-state index in [0.717, 1.165) is 0 Å². The molecule has 1 N–H and O–H groups in total. The third-order valence-corrected chi connectivity index (χ3v) is 1.70. The van der Waals surface area contributed by atoms with E-state index >= 15 is 0 Å². The number of alkyl halides is 2. The standard InChI is InChI=1S/C8H12F2N2O2/c1-6(13)7-4-11-12(5-7)2-3-14-8(9)10/h4-6,8,13H,2-3H2,1H3. The summed E-state index contributed by atoms with van der Waals surface area (Å²) in [5.41, 5.74) is 0.655. The monoisotopic (exact) mass is 206 g/mol. The van der Waals surface area contributed by atoms with Crippen molar-refractivity contribution in [1.82, 2.24) is 9.78 Å². The van der Waals surface area contributed by atoms with Gasteiger partial charge >= 0.3 is 6.61 Å². The molecular formula is C8H12F2N2O2. The van der Waals surface area contributed by atoms with Gasteiger partial charge in [0.05, 0.1) is 25.5 Å². The lowest BCUT2D eigenvalue weighted by molar-refractivity contribution is -0.130. The van der Waals surface area contributed by atoms with E-state index in [1.165, 1.54) is 10.9 Å². The molecule has 14 heavy (non-hydrogen) atoms. The summed E-state index contributed by atoms with van der Waals surface area (Å²) in [4.78, 5) is 0. The van der Waals surface area contributed by atoms with E-state index in [0.29, 0.717) is 5.56 Å². The largest absolute Gasteiger partial charge is 0.389 e. The van der Waals surface area contributed by atoms with E-state index in [1.807, 2.05) is 0 Å². The van der Waals surface area contributed by atoms with Crippen molar-refractivity contribution in [2.45, 2.75) is 26.2 Å². The molecule has 0 fully saturated rings. The Morgan fingerprint density at radius 2 is 2.36 bits per heavy atom. The van der Waals surface area contributed by atoms with Crippen molar-refractivity contribution in [3.8, 4) is 0 Å². The Morgan fingerprint density at radius 3 is 2.86 bits per heavy atom. The van der Waals surface area contributed by atoms with Crippen LogP contribution in [0.2, 0.25) is 0 Å². The van der Waals surface area contributed by atoms with Crippen LogP contribution in [0.3, 0.4) is 0 Å². The molecule has 1 rings (SSSR count). The molecule has 0 aliphatic heterocycles. The summed E-state index contributed by atoms with van der Waals surface area (Å²) >= 11 is 0. The molecule has 4 nitrogen and oxygen atoms in total. The lowest BCUT2D eigenvalue weighted by Gasteiger charge is -2.02. The van der Waals surface area contributed by atoms with Gasteiger partial charge in [0.15, 0.2) is 0 Å². The number of hydrogen-bond acceptors (Lipinski definition) is 3. The van der Waals surface area contributed by atoms with Gasteiger partial charge in [-0.2, -0.15) is 13.9 Å². The Kier molecular flexibility index (Phi) is 3.97. The van der Waals surface area contributed by atoms with Crippen LogP contribution in [-0.4, -0.2) is 28.1 Å². The zero-order valence-electron chi connectivity index (χ0n) is 7.73. The van der Waals surface area contributed by atoms with Gasteiger partial charge in [-0.25, -0.2) is 0 Å². The maximum Gasteiger partial charge on any atom is 0.345 e. The Balaban J connectivity index is 2.36. The van der Waals surface area contributed by atoms with Crippen molar-refractivity contribution in [3.05, 3.63) is 18.0 Å². The molecule has 1 aromatic rings. The van der Waals surface area contributed by atoms with Crippen LogP contribution in [0.5, 0.6) is 0 Å². The summed E-state index contributed by atoms with van der Waals surface area (Å²) in [6.07, 6.45) is 2.49. The quantitative estimate of drug-likeness (QED) is 0.786. The molecule has 6 heteroatoms. The Hall–Kier alpha value is -1.01. The average Bonchev–Trinajstić information content (AvgIpc) is 2.52. The number of ether oxygens (including phenoxy) is 1. The molecule has 1 unspecified atom stereocenters. The zero-order valence-corrected chi connectivity index (χ0v) is 7.73. The van der Waals surface area contributed by atoms with Crippen molar-refractivity contribution < 1.29 is 18.6 Å². The lowest BCUT2D eigenvalue weighted by Crippen LogP contribution is -2.09. The van der Waals surface area contributed by atoms with Gasteiger partial charge < -0.3 is 9.84 Å². The first-order chi connectivity index (χ1) is 6.59. The fraction of sp³-hybridized carbons (Fsp3) is 0.625. The van der Waals surface area contributed by atoms with E-state index in [1.54, 1.807) is 13.1 Å². The molecular weight excluding hydrogens is 194 g/mol. The van der Waals surface area contributed by atoms with Crippen LogP contribution < -0.4 is 0 Å². The van der Waals surface area contributed by atoms with Gasteiger partial charge in [-0.05, 0) is 6.92 Å². The van der Waals surface area contributed by atoms with Crippen LogP contribution in [0, 0.1) is 0 Å². The van der Waals surface area contributed by atoms with E-state index in [4.69, 9.17) is 5.11 Å². The molecule has 0 saturated carbocycles. The van der Waals surface area contributed by atoms with Gasteiger partial charge in [-0.15, -0.1) is 0 Å². The second-order valence-corrected chi connectivity index (χ2v) is 2.84. The normalized spacial score (nSPS) is 13.5. The first-order valence-electron chi connectivity index (χ1n) is 4.20. The zero-order chi connectivity index (χ0) is 10.6. The van der Waals surface area contributed by atoms with Gasteiger partial charge in [0.1, 0.15) is 0 Å². The van der Waals surface area contributed by atoms with E-state index in [2.05, 4.69) is 9.84 Å². The third-order valence-electron chi connectivity index (χ3n) is 1.70. The van der Waals surface area contributed by atoms with Crippen molar-refractivity contribution in [2.75, 3.05) is 6.61 Å². The van der Waals surface area contributed by atoms with E-state index in [-0.39, 0.29) is 13.2 Å². The number of aromatic nitrogens is 2. The number of nitrogens with zero attached hydrogens (tertiary/aromatic N) is 2. The molecule has 0 amide bonds. The Labute approximate surface area is 80.1 Å². The van der Waals surface area contributed by atoms with Crippen molar-refractivity contribution in [2.24, 2.45) is 0 Å². The summed E-state index contributed by atoms with van der Waals surface area (Å²) in [5, 5.41) is 13.0. The maximum atomic E-state index is 11.6. The van der Waals surface area contributed by atoms with Crippen LogP contribution in [0.1, 0.15) is 18.6 Å². The summed E-state index contributed by atoms with van der Waals surface area (Å²) < 4.78 is 28.7. The predicted octanol–water partition coefficient (Wildman–Crippen LogP) is 1.18. The van der Waals surface area contributed by atoms with Gasteiger partial charge in [0.25, 0.3) is 0 Å². The van der Waals surface area contributed by atoms with Crippen LogP contribution >= 0.6 is 0 Å². The highest BCUT2D eigenvalue weighted by atomic mass is 19.3. The third kappa shape index (κ3) is 3.39. The highest BCUT2D eigenvalue weighted by Crippen LogP contribution is 2.09. The highest BCUT2D eigenvalue weighted by Gasteiger charge is 2.05. The number of aliphatic hydroxyl groups excluding tert-OH is 1. The maximum absolute atomic E-state index is 11.6. The summed E-state index contributed by atoms with van der Waals surface area (Å²) in [5.74, 6) is 0. The van der Waals surface area contributed by atoms with Gasteiger partial charge in [-0.1, -0.05) is 0 Å². The minimum Gasteiger partial charge on any atom is -0.389 e. The SMILES string of the molecule is CC(O)c1cnn(CCOC(F)F)c1. The topological polar surface area (TPSA) is 47.3 Å². The van der Waals surface area contributed by atoms with Gasteiger partial charge in [0, 0.05) is 11.8 Å². The number of hydrogen-bond donors (Lipinski definition) is 1. The number of rotatable bonds is 5. The van der Waals surface area contributed by atoms with Crippen molar-refractivity contribution in [3.63, 3.8) is 0 Å². The number of halogens is 2. The lowest BCUT2D eigenvalue weighted by atomic mass is 10.2. The molecule has 80 valence electrons. The van der Waals surface area contributed by atoms with Crippen LogP contribution in [0.4, 0.5) is 8.78 Å². The average molecular weight is 206 g/mol. The fourth-order valence-electron chi connectivity index (χ4n) is 0.953. The smallest absolute Gasteiger partial charge is 0.345 e. The molecule has 0 aliphatic carbocycles. The van der Waals surface area contributed by atoms with E-state index < -0.39 is 12.7 Å². The Morgan fingerprint density at radius 1 is 1.64 bits per heavy atom.